The summed E-state index contributed by atoms with van der Waals surface area (Å²) in [7, 11) is -3.97. The van der Waals surface area contributed by atoms with Crippen LogP contribution < -0.4 is 15.1 Å². The number of hydrogen-bond acceptors (Lipinski definition) is 6. The van der Waals surface area contributed by atoms with Gasteiger partial charge in [0.2, 0.25) is 10.0 Å². The summed E-state index contributed by atoms with van der Waals surface area (Å²) in [6.07, 6.45) is 2.01. The summed E-state index contributed by atoms with van der Waals surface area (Å²) in [5.74, 6) is -1.18. The van der Waals surface area contributed by atoms with Gasteiger partial charge < -0.3 is 9.15 Å². The molecule has 0 fully saturated rings. The van der Waals surface area contributed by atoms with Crippen molar-refractivity contribution in [2.24, 2.45) is 5.92 Å². The number of ether oxygens (including phenoxy) is 1. The Morgan fingerprint density at radius 3 is 2.44 bits per heavy atom. The van der Waals surface area contributed by atoms with Crippen molar-refractivity contribution in [3.63, 3.8) is 0 Å². The van der Waals surface area contributed by atoms with Gasteiger partial charge in [0.05, 0.1) is 9.92 Å². The van der Waals surface area contributed by atoms with E-state index in [0.29, 0.717) is 18.2 Å². The van der Waals surface area contributed by atoms with Gasteiger partial charge in [-0.1, -0.05) is 62.9 Å². The number of benzene rings is 2. The second-order valence-electron chi connectivity index (χ2n) is 8.34. The Morgan fingerprint density at radius 2 is 1.82 bits per heavy atom. The number of carbonyl (C=O) groups is 1. The van der Waals surface area contributed by atoms with Crippen LogP contribution in [-0.2, 0) is 21.2 Å². The number of rotatable bonds is 9. The van der Waals surface area contributed by atoms with Crippen molar-refractivity contribution in [3.05, 3.63) is 69.0 Å². The Kier molecular flexibility index (Phi) is 8.17. The van der Waals surface area contributed by atoms with Gasteiger partial charge in [0, 0.05) is 17.5 Å². The normalized spacial score (nSPS) is 13.6. The van der Waals surface area contributed by atoms with Gasteiger partial charge in [-0.25, -0.2) is 18.0 Å². The average Bonchev–Trinajstić information content (AvgIpc) is 2.78. The first-order valence-corrected chi connectivity index (χ1v) is 13.0. The van der Waals surface area contributed by atoms with Gasteiger partial charge >= 0.3 is 11.6 Å². The minimum Gasteiger partial charge on any atom is -0.424 e. The highest BCUT2D eigenvalue weighted by Crippen LogP contribution is 2.32. The fourth-order valence-electron chi connectivity index (χ4n) is 3.54. The molecule has 3 aromatic rings. The van der Waals surface area contributed by atoms with Gasteiger partial charge in [-0.15, -0.1) is 0 Å². The first-order valence-electron chi connectivity index (χ1n) is 11.1. The zero-order chi connectivity index (χ0) is 25.0. The van der Waals surface area contributed by atoms with Crippen LogP contribution in [0.3, 0.4) is 0 Å². The molecule has 0 unspecified atom stereocenters. The summed E-state index contributed by atoms with van der Waals surface area (Å²) in [6.45, 7) is 7.44. The first-order chi connectivity index (χ1) is 16.1. The van der Waals surface area contributed by atoms with Gasteiger partial charge in [0.1, 0.15) is 11.6 Å². The third kappa shape index (κ3) is 5.87. The lowest BCUT2D eigenvalue weighted by molar-refractivity contribution is -0.137. The number of sulfonamides is 1. The summed E-state index contributed by atoms with van der Waals surface area (Å²) in [4.78, 5) is 25.1. The Labute approximate surface area is 204 Å². The highest BCUT2D eigenvalue weighted by Gasteiger charge is 2.32. The molecule has 0 aliphatic rings. The van der Waals surface area contributed by atoms with E-state index in [2.05, 4.69) is 4.72 Å². The monoisotopic (exact) mass is 505 g/mol. The van der Waals surface area contributed by atoms with Crippen LogP contribution in [0.15, 0.2) is 56.6 Å². The molecule has 0 amide bonds. The zero-order valence-electron chi connectivity index (χ0n) is 19.6. The maximum atomic E-state index is 13.1. The van der Waals surface area contributed by atoms with E-state index in [9.17, 15) is 18.0 Å². The van der Waals surface area contributed by atoms with Crippen LogP contribution in [0.5, 0.6) is 5.75 Å². The number of aryl methyl sites for hydroxylation is 2. The molecule has 1 heterocycles. The maximum Gasteiger partial charge on any atom is 0.336 e. The zero-order valence-corrected chi connectivity index (χ0v) is 21.1. The van der Waals surface area contributed by atoms with Gasteiger partial charge in [0.25, 0.3) is 0 Å². The molecule has 0 aliphatic heterocycles. The lowest BCUT2D eigenvalue weighted by atomic mass is 10.0. The summed E-state index contributed by atoms with van der Waals surface area (Å²) < 4.78 is 39.1. The Balaban J connectivity index is 1.93. The van der Waals surface area contributed by atoms with Crippen LogP contribution in [-0.4, -0.2) is 20.4 Å². The van der Waals surface area contributed by atoms with Crippen molar-refractivity contribution in [1.29, 1.82) is 0 Å². The number of nitrogens with one attached hydrogen (secondary N) is 1. The van der Waals surface area contributed by atoms with Crippen LogP contribution in [0, 0.1) is 12.8 Å². The molecule has 0 radical (unpaired) electrons. The van der Waals surface area contributed by atoms with E-state index in [0.717, 1.165) is 17.5 Å². The molecule has 34 heavy (non-hydrogen) atoms. The lowest BCUT2D eigenvalue weighted by Gasteiger charge is -2.23. The molecule has 2 atom stereocenters. The molecular weight excluding hydrogens is 478 g/mol. The standard InChI is InChI=1S/C25H28ClNO6S/c1-5-7-17-12-23(28)32-21-14-22(20(26)13-19(17)21)33-25(29)24(16(4)6-2)27-34(30,31)18-10-8-15(3)9-11-18/h8-14,16,24,27H,5-7H2,1-4H3/t16-,24-/m0/s1. The quantitative estimate of drug-likeness (QED) is 0.249. The van der Waals surface area contributed by atoms with Crippen molar-refractivity contribution < 1.29 is 22.4 Å². The topological polar surface area (TPSA) is 103 Å². The van der Waals surface area contributed by atoms with E-state index < -0.39 is 27.7 Å². The van der Waals surface area contributed by atoms with Crippen LogP contribution in [0.4, 0.5) is 0 Å². The molecular formula is C25H28ClNO6S. The Hall–Kier alpha value is -2.68. The molecule has 0 aliphatic carbocycles. The highest BCUT2D eigenvalue weighted by molar-refractivity contribution is 7.89. The number of hydrogen-bond donors (Lipinski definition) is 1. The van der Waals surface area contributed by atoms with E-state index in [1.807, 2.05) is 20.8 Å². The van der Waals surface area contributed by atoms with Crippen LogP contribution in [0.25, 0.3) is 11.0 Å². The molecule has 1 aromatic heterocycles. The second kappa shape index (κ2) is 10.7. The van der Waals surface area contributed by atoms with Crippen molar-refractivity contribution in [2.45, 2.75) is 57.9 Å². The number of esters is 1. The molecule has 3 rings (SSSR count). The summed E-state index contributed by atoms with van der Waals surface area (Å²) >= 11 is 6.39. The predicted octanol–water partition coefficient (Wildman–Crippen LogP) is 5.01. The summed E-state index contributed by atoms with van der Waals surface area (Å²) in [5, 5.41) is 0.807. The Bertz CT molecular complexity index is 1350. The van der Waals surface area contributed by atoms with Crippen LogP contribution in [0.1, 0.15) is 44.7 Å². The summed E-state index contributed by atoms with van der Waals surface area (Å²) in [6, 6.07) is 9.56. The third-order valence-corrected chi connectivity index (χ3v) is 7.45. The molecule has 182 valence electrons. The smallest absolute Gasteiger partial charge is 0.336 e. The lowest BCUT2D eigenvalue weighted by Crippen LogP contribution is -2.46. The average molecular weight is 506 g/mol. The van der Waals surface area contributed by atoms with E-state index in [1.165, 1.54) is 24.3 Å². The Morgan fingerprint density at radius 1 is 1.15 bits per heavy atom. The van der Waals surface area contributed by atoms with Crippen molar-refractivity contribution >= 4 is 38.6 Å². The maximum absolute atomic E-state index is 13.1. The number of carbonyl (C=O) groups excluding carboxylic acids is 1. The molecule has 9 heteroatoms. The molecule has 0 spiro atoms. The van der Waals surface area contributed by atoms with Gasteiger partial charge in [-0.05, 0) is 43.0 Å². The molecule has 0 saturated heterocycles. The predicted molar refractivity (Wildman–Crippen MR) is 132 cm³/mol. The highest BCUT2D eigenvalue weighted by atomic mass is 35.5. The molecule has 7 nitrogen and oxygen atoms in total. The SMILES string of the molecule is CCCc1cc(=O)oc2cc(OC(=O)[C@@H](NS(=O)(=O)c3ccc(C)cc3)[C@@H](C)CC)c(Cl)cc12. The summed E-state index contributed by atoms with van der Waals surface area (Å²) in [5.41, 5.74) is 1.43. The fraction of sp³-hybridized carbons (Fsp3) is 0.360. The largest absolute Gasteiger partial charge is 0.424 e. The minimum absolute atomic E-state index is 0.0150. The number of fused-ring (bicyclic) bond motifs is 1. The number of halogens is 1. The third-order valence-electron chi connectivity index (χ3n) is 5.69. The van der Waals surface area contributed by atoms with Gasteiger partial charge in [-0.3, -0.25) is 0 Å². The second-order valence-corrected chi connectivity index (χ2v) is 10.5. The van der Waals surface area contributed by atoms with Crippen molar-refractivity contribution in [1.82, 2.24) is 4.72 Å². The molecule has 0 saturated carbocycles. The van der Waals surface area contributed by atoms with E-state index in [1.54, 1.807) is 25.1 Å². The molecule has 0 bridgehead atoms. The van der Waals surface area contributed by atoms with Crippen molar-refractivity contribution in [3.8, 4) is 5.75 Å². The van der Waals surface area contributed by atoms with Crippen LogP contribution in [0.2, 0.25) is 5.02 Å². The van der Waals surface area contributed by atoms with E-state index in [4.69, 9.17) is 20.8 Å². The molecule has 1 N–H and O–H groups in total. The molecule has 2 aromatic carbocycles. The van der Waals surface area contributed by atoms with Crippen molar-refractivity contribution in [2.75, 3.05) is 0 Å². The van der Waals surface area contributed by atoms with Gasteiger partial charge in [0.15, 0.2) is 5.75 Å². The van der Waals surface area contributed by atoms with E-state index in [-0.39, 0.29) is 27.2 Å². The first kappa shape index (κ1) is 25.9. The van der Waals surface area contributed by atoms with E-state index >= 15 is 0 Å². The fourth-order valence-corrected chi connectivity index (χ4v) is 5.03. The van der Waals surface area contributed by atoms with Gasteiger partial charge in [-0.2, -0.15) is 4.72 Å². The van der Waals surface area contributed by atoms with Crippen LogP contribution >= 0.6 is 11.6 Å². The minimum atomic E-state index is -3.97.